The number of benzene rings is 3. The largest absolute Gasteiger partial charge is 0.597 e. The molecule has 0 saturated carbocycles. The van der Waals surface area contributed by atoms with Crippen LogP contribution in [0, 0.1) is 6.92 Å². The highest BCUT2D eigenvalue weighted by molar-refractivity contribution is 7.62. The van der Waals surface area contributed by atoms with Gasteiger partial charge in [0.2, 0.25) is 0 Å². The van der Waals surface area contributed by atoms with Gasteiger partial charge in [-0.15, -0.1) is 0 Å². The molecule has 0 fully saturated rings. The summed E-state index contributed by atoms with van der Waals surface area (Å²) in [6.45, 7) is 1.69. The molecule has 9 heteroatoms. The van der Waals surface area contributed by atoms with Crippen molar-refractivity contribution in [1.82, 2.24) is 0 Å². The molecule has 0 bridgehead atoms. The van der Waals surface area contributed by atoms with E-state index in [1.165, 1.54) is 30.3 Å². The van der Waals surface area contributed by atoms with Crippen LogP contribution in [0.5, 0.6) is 17.2 Å². The second-order valence-electron chi connectivity index (χ2n) is 5.66. The lowest BCUT2D eigenvalue weighted by Crippen LogP contribution is -2.06. The molecule has 0 aliphatic rings. The third kappa shape index (κ3) is 5.72. The van der Waals surface area contributed by atoms with Crippen molar-refractivity contribution in [3.8, 4) is 17.2 Å². The van der Waals surface area contributed by atoms with Gasteiger partial charge in [-0.3, -0.25) is 4.89 Å². The molecule has 1 atom stereocenters. The van der Waals surface area contributed by atoms with Crippen molar-refractivity contribution >= 4 is 15.6 Å². The Kier molecular flexibility index (Phi) is 6.22. The first-order chi connectivity index (χ1) is 13.4. The lowest BCUT2D eigenvalue weighted by molar-refractivity contribution is 0.238. The maximum absolute atomic E-state index is 13.2. The summed E-state index contributed by atoms with van der Waals surface area (Å²) in [6.07, 6.45) is 0. The number of hydrogen-bond donors (Lipinski definition) is 1. The standard InChI is InChI=1S/C19H18O7P2/c1-16-10-8-9-15-19(16)25-27(20,21)26-28(22,23-17-11-4-2-5-12-17)24-18-13-6-3-7-14-18/h2-15H,1H3,(H,20,21). The number of phosphoric acid groups is 2. The molecule has 0 heterocycles. The Morgan fingerprint density at radius 1 is 0.679 bits per heavy atom. The van der Waals surface area contributed by atoms with Crippen molar-refractivity contribution in [2.75, 3.05) is 0 Å². The molecule has 3 aromatic carbocycles. The number of phosphoric ester groups is 2. The Morgan fingerprint density at radius 2 is 1.14 bits per heavy atom. The number of rotatable bonds is 8. The maximum Gasteiger partial charge on any atom is 0.597 e. The average molecular weight is 420 g/mol. The Balaban J connectivity index is 1.86. The van der Waals surface area contributed by atoms with E-state index < -0.39 is 15.6 Å². The molecular weight excluding hydrogens is 402 g/mol. The molecule has 1 N–H and O–H groups in total. The van der Waals surface area contributed by atoms with Gasteiger partial charge in [0.05, 0.1) is 0 Å². The Bertz CT molecular complexity index is 964. The highest BCUT2D eigenvalue weighted by atomic mass is 31.3. The Morgan fingerprint density at radius 3 is 1.64 bits per heavy atom. The summed E-state index contributed by atoms with van der Waals surface area (Å²) in [5.41, 5.74) is 0.600. The molecule has 3 rings (SSSR count). The van der Waals surface area contributed by atoms with Gasteiger partial charge < -0.3 is 13.6 Å². The monoisotopic (exact) mass is 420 g/mol. The fourth-order valence-electron chi connectivity index (χ4n) is 2.20. The van der Waals surface area contributed by atoms with Gasteiger partial charge in [0.1, 0.15) is 17.2 Å². The number of hydrogen-bond acceptors (Lipinski definition) is 6. The van der Waals surface area contributed by atoms with E-state index in [9.17, 15) is 14.0 Å². The van der Waals surface area contributed by atoms with Crippen LogP contribution < -0.4 is 13.6 Å². The molecule has 28 heavy (non-hydrogen) atoms. The van der Waals surface area contributed by atoms with Crippen LogP contribution in [0.3, 0.4) is 0 Å². The second kappa shape index (κ2) is 8.63. The van der Waals surface area contributed by atoms with Crippen LogP contribution in [-0.4, -0.2) is 4.89 Å². The molecule has 1 unspecified atom stereocenters. The van der Waals surface area contributed by atoms with Crippen molar-refractivity contribution in [2.24, 2.45) is 0 Å². The Hall–Kier alpha value is -2.56. The summed E-state index contributed by atoms with van der Waals surface area (Å²) in [5.74, 6) is 0.384. The number of para-hydroxylation sites is 3. The molecule has 7 nitrogen and oxygen atoms in total. The van der Waals surface area contributed by atoms with Crippen LogP contribution in [-0.2, 0) is 13.4 Å². The van der Waals surface area contributed by atoms with Crippen LogP contribution in [0.1, 0.15) is 5.56 Å². The zero-order chi connectivity index (χ0) is 20.0. The zero-order valence-corrected chi connectivity index (χ0v) is 16.7. The lowest BCUT2D eigenvalue weighted by atomic mass is 10.2. The van der Waals surface area contributed by atoms with Crippen LogP contribution in [0.15, 0.2) is 84.9 Å². The van der Waals surface area contributed by atoms with E-state index in [-0.39, 0.29) is 17.2 Å². The minimum atomic E-state index is -4.85. The van der Waals surface area contributed by atoms with Crippen molar-refractivity contribution in [3.63, 3.8) is 0 Å². The van der Waals surface area contributed by atoms with Crippen molar-refractivity contribution in [2.45, 2.75) is 6.92 Å². The molecule has 0 aliphatic carbocycles. The Labute approximate surface area is 162 Å². The summed E-state index contributed by atoms with van der Waals surface area (Å²) in [5, 5.41) is 0. The van der Waals surface area contributed by atoms with Gasteiger partial charge in [-0.1, -0.05) is 54.6 Å². The minimum absolute atomic E-state index is 0.110. The molecule has 0 radical (unpaired) electrons. The van der Waals surface area contributed by atoms with Crippen molar-refractivity contribution < 1.29 is 31.9 Å². The summed E-state index contributed by atoms with van der Waals surface area (Å²) in [4.78, 5) is 10.2. The first kappa shape index (κ1) is 20.2. The van der Waals surface area contributed by atoms with Crippen molar-refractivity contribution in [1.29, 1.82) is 0 Å². The third-order valence-corrected chi connectivity index (χ3v) is 6.35. The number of aryl methyl sites for hydroxylation is 1. The fraction of sp³-hybridized carbons (Fsp3) is 0.0526. The van der Waals surface area contributed by atoms with E-state index in [4.69, 9.17) is 17.9 Å². The van der Waals surface area contributed by atoms with Gasteiger partial charge in [0.15, 0.2) is 0 Å². The first-order valence-electron chi connectivity index (χ1n) is 8.24. The molecule has 0 aliphatic heterocycles. The average Bonchev–Trinajstić information content (AvgIpc) is 2.64. The second-order valence-corrected chi connectivity index (χ2v) is 8.70. The molecule has 146 valence electrons. The quantitative estimate of drug-likeness (QED) is 0.464. The normalized spacial score (nSPS) is 13.4. The summed E-state index contributed by atoms with van der Waals surface area (Å²) >= 11 is 0. The predicted molar refractivity (Wildman–Crippen MR) is 104 cm³/mol. The fourth-order valence-corrected chi connectivity index (χ4v) is 4.86. The van der Waals surface area contributed by atoms with Crippen LogP contribution >= 0.6 is 15.6 Å². The van der Waals surface area contributed by atoms with Gasteiger partial charge in [0.25, 0.3) is 0 Å². The van der Waals surface area contributed by atoms with Crippen LogP contribution in [0.4, 0.5) is 0 Å². The zero-order valence-electron chi connectivity index (χ0n) is 14.9. The maximum atomic E-state index is 13.2. The molecule has 0 amide bonds. The minimum Gasteiger partial charge on any atom is -0.404 e. The molecule has 0 spiro atoms. The van der Waals surface area contributed by atoms with E-state index in [1.54, 1.807) is 61.5 Å². The lowest BCUT2D eigenvalue weighted by Gasteiger charge is -2.21. The first-order valence-corrected chi connectivity index (χ1v) is 11.2. The van der Waals surface area contributed by atoms with E-state index in [0.29, 0.717) is 5.56 Å². The van der Waals surface area contributed by atoms with Gasteiger partial charge in [-0.2, -0.15) is 4.31 Å². The van der Waals surface area contributed by atoms with Crippen LogP contribution in [0.25, 0.3) is 0 Å². The van der Waals surface area contributed by atoms with E-state index >= 15 is 0 Å². The summed E-state index contributed by atoms with van der Waals surface area (Å²) < 4.78 is 46.2. The van der Waals surface area contributed by atoms with E-state index in [2.05, 4.69) is 0 Å². The summed E-state index contributed by atoms with van der Waals surface area (Å²) in [7, 11) is -9.42. The van der Waals surface area contributed by atoms with Gasteiger partial charge >= 0.3 is 15.6 Å². The van der Waals surface area contributed by atoms with Gasteiger partial charge in [-0.05, 0) is 42.8 Å². The third-order valence-electron chi connectivity index (χ3n) is 3.43. The predicted octanol–water partition coefficient (Wildman–Crippen LogP) is 5.76. The molecular formula is C19H18O7P2. The van der Waals surface area contributed by atoms with Gasteiger partial charge in [-0.25, -0.2) is 9.13 Å². The molecule has 0 aromatic heterocycles. The van der Waals surface area contributed by atoms with Crippen LogP contribution in [0.2, 0.25) is 0 Å². The SMILES string of the molecule is Cc1ccccc1OP(=O)(O)OP(=O)(Oc1ccccc1)Oc1ccccc1. The highest BCUT2D eigenvalue weighted by Gasteiger charge is 2.42. The summed E-state index contributed by atoms with van der Waals surface area (Å²) in [6, 6.07) is 22.6. The highest BCUT2D eigenvalue weighted by Crippen LogP contribution is 2.62. The van der Waals surface area contributed by atoms with Crippen molar-refractivity contribution in [3.05, 3.63) is 90.5 Å². The smallest absolute Gasteiger partial charge is 0.404 e. The molecule has 3 aromatic rings. The van der Waals surface area contributed by atoms with E-state index in [1.807, 2.05) is 0 Å². The molecule has 0 saturated heterocycles. The van der Waals surface area contributed by atoms with E-state index in [0.717, 1.165) is 0 Å². The van der Waals surface area contributed by atoms with Gasteiger partial charge in [0, 0.05) is 0 Å². The topological polar surface area (TPSA) is 91.3 Å².